The van der Waals surface area contributed by atoms with Crippen LogP contribution in [0.4, 0.5) is 0 Å². The van der Waals surface area contributed by atoms with E-state index >= 15 is 0 Å². The molecule has 0 bridgehead atoms. The Kier molecular flexibility index (Phi) is 5.71. The molecule has 2 heteroatoms. The van der Waals surface area contributed by atoms with Crippen molar-refractivity contribution in [2.75, 3.05) is 6.61 Å². The largest absolute Gasteiger partial charge is 0.493 e. The number of aliphatic hydroxyl groups is 1. The summed E-state index contributed by atoms with van der Waals surface area (Å²) in [5.74, 6) is 1.22. The molecule has 0 spiro atoms. The van der Waals surface area contributed by atoms with E-state index in [0.29, 0.717) is 0 Å². The van der Waals surface area contributed by atoms with E-state index in [1.807, 2.05) is 18.2 Å². The lowest BCUT2D eigenvalue weighted by Gasteiger charge is -2.29. The summed E-state index contributed by atoms with van der Waals surface area (Å²) in [5, 5.41) is 10.4. The molecule has 1 aromatic rings. The number of unbranched alkanes of at least 4 members (excludes halogenated alkanes) is 4. The molecule has 0 aromatic heterocycles. The van der Waals surface area contributed by atoms with Crippen molar-refractivity contribution in [3.8, 4) is 5.75 Å². The molecule has 1 aliphatic heterocycles. The topological polar surface area (TPSA) is 29.5 Å². The Balaban J connectivity index is 1.84. The van der Waals surface area contributed by atoms with Crippen molar-refractivity contribution in [1.82, 2.24) is 0 Å². The fourth-order valence-corrected chi connectivity index (χ4v) is 2.93. The molecule has 0 radical (unpaired) electrons. The highest BCUT2D eigenvalue weighted by Crippen LogP contribution is 2.36. The number of benzene rings is 1. The van der Waals surface area contributed by atoms with Crippen LogP contribution >= 0.6 is 0 Å². The quantitative estimate of drug-likeness (QED) is 0.743. The van der Waals surface area contributed by atoms with Gasteiger partial charge in [-0.3, -0.25) is 0 Å². The average molecular weight is 262 g/mol. The zero-order chi connectivity index (χ0) is 13.5. The molecule has 19 heavy (non-hydrogen) atoms. The highest BCUT2D eigenvalue weighted by Gasteiger charge is 2.26. The molecular formula is C17H26O2. The van der Waals surface area contributed by atoms with Gasteiger partial charge in [0.2, 0.25) is 0 Å². The summed E-state index contributed by atoms with van der Waals surface area (Å²) in [5.41, 5.74) is 1.19. The number of ether oxygens (including phenoxy) is 1. The van der Waals surface area contributed by atoms with Crippen LogP contribution in [0.2, 0.25) is 0 Å². The standard InChI is InChI=1S/C17H26O2/c1-2-3-4-5-6-10-16(18)14-12-13-19-17-11-8-7-9-15(14)17/h7-9,11,14,16,18H,2-6,10,12-13H2,1H3. The third-order valence-corrected chi connectivity index (χ3v) is 4.07. The molecule has 0 fully saturated rings. The van der Waals surface area contributed by atoms with Gasteiger partial charge >= 0.3 is 0 Å². The van der Waals surface area contributed by atoms with Crippen molar-refractivity contribution in [1.29, 1.82) is 0 Å². The van der Waals surface area contributed by atoms with Gasteiger partial charge in [0, 0.05) is 5.92 Å². The second-order valence-electron chi connectivity index (χ2n) is 5.55. The number of fused-ring (bicyclic) bond motifs is 1. The van der Waals surface area contributed by atoms with Crippen LogP contribution in [0.1, 0.15) is 63.4 Å². The molecule has 2 unspecified atom stereocenters. The Bertz CT molecular complexity index is 375. The second kappa shape index (κ2) is 7.54. The van der Waals surface area contributed by atoms with Crippen molar-refractivity contribution in [2.45, 2.75) is 63.9 Å². The van der Waals surface area contributed by atoms with Gasteiger partial charge in [-0.25, -0.2) is 0 Å². The Morgan fingerprint density at radius 3 is 2.84 bits per heavy atom. The molecule has 1 heterocycles. The van der Waals surface area contributed by atoms with Crippen molar-refractivity contribution < 1.29 is 9.84 Å². The van der Waals surface area contributed by atoms with Crippen LogP contribution in [0.5, 0.6) is 5.75 Å². The maximum atomic E-state index is 10.4. The predicted molar refractivity (Wildman–Crippen MR) is 78.7 cm³/mol. The summed E-state index contributed by atoms with van der Waals surface area (Å²) >= 11 is 0. The molecule has 1 aromatic carbocycles. The minimum Gasteiger partial charge on any atom is -0.493 e. The van der Waals surface area contributed by atoms with Crippen molar-refractivity contribution in [2.24, 2.45) is 0 Å². The fraction of sp³-hybridized carbons (Fsp3) is 0.647. The van der Waals surface area contributed by atoms with E-state index in [0.717, 1.165) is 31.6 Å². The van der Waals surface area contributed by atoms with E-state index < -0.39 is 0 Å². The number of rotatable bonds is 7. The van der Waals surface area contributed by atoms with Crippen LogP contribution in [0.3, 0.4) is 0 Å². The Morgan fingerprint density at radius 2 is 2.00 bits per heavy atom. The smallest absolute Gasteiger partial charge is 0.122 e. The van der Waals surface area contributed by atoms with Crippen LogP contribution in [0, 0.1) is 0 Å². The van der Waals surface area contributed by atoms with Crippen LogP contribution < -0.4 is 4.74 Å². The van der Waals surface area contributed by atoms with Gasteiger partial charge in [0.25, 0.3) is 0 Å². The van der Waals surface area contributed by atoms with Gasteiger partial charge in [0.1, 0.15) is 5.75 Å². The van der Waals surface area contributed by atoms with Gasteiger partial charge in [0.15, 0.2) is 0 Å². The van der Waals surface area contributed by atoms with Gasteiger partial charge in [-0.15, -0.1) is 0 Å². The monoisotopic (exact) mass is 262 g/mol. The van der Waals surface area contributed by atoms with E-state index in [9.17, 15) is 5.11 Å². The third kappa shape index (κ3) is 3.97. The highest BCUT2D eigenvalue weighted by atomic mass is 16.5. The fourth-order valence-electron chi connectivity index (χ4n) is 2.93. The molecule has 2 rings (SSSR count). The van der Waals surface area contributed by atoms with E-state index in [2.05, 4.69) is 13.0 Å². The first-order valence-corrected chi connectivity index (χ1v) is 7.72. The molecule has 0 saturated carbocycles. The molecule has 0 saturated heterocycles. The first-order valence-electron chi connectivity index (χ1n) is 7.72. The lowest BCUT2D eigenvalue weighted by Crippen LogP contribution is -2.25. The summed E-state index contributed by atoms with van der Waals surface area (Å²) < 4.78 is 5.65. The van der Waals surface area contributed by atoms with E-state index in [4.69, 9.17) is 4.74 Å². The van der Waals surface area contributed by atoms with Crippen molar-refractivity contribution in [3.63, 3.8) is 0 Å². The lowest BCUT2D eigenvalue weighted by atomic mass is 9.86. The number of aliphatic hydroxyl groups excluding tert-OH is 1. The third-order valence-electron chi connectivity index (χ3n) is 4.07. The lowest BCUT2D eigenvalue weighted by molar-refractivity contribution is 0.106. The molecule has 2 nitrogen and oxygen atoms in total. The minimum absolute atomic E-state index is 0.216. The van der Waals surface area contributed by atoms with Crippen LogP contribution in [-0.2, 0) is 0 Å². The molecule has 0 amide bonds. The second-order valence-corrected chi connectivity index (χ2v) is 5.55. The van der Waals surface area contributed by atoms with Crippen LogP contribution in [0.15, 0.2) is 24.3 Å². The Hall–Kier alpha value is -1.02. The summed E-state index contributed by atoms with van der Waals surface area (Å²) in [6.45, 7) is 2.96. The number of para-hydroxylation sites is 1. The molecule has 0 aliphatic carbocycles. The van der Waals surface area contributed by atoms with E-state index in [1.54, 1.807) is 0 Å². The van der Waals surface area contributed by atoms with Crippen LogP contribution in [0.25, 0.3) is 0 Å². The zero-order valence-electron chi connectivity index (χ0n) is 12.0. The molecule has 106 valence electrons. The average Bonchev–Trinajstić information content (AvgIpc) is 2.46. The van der Waals surface area contributed by atoms with E-state index in [1.165, 1.54) is 31.2 Å². The summed E-state index contributed by atoms with van der Waals surface area (Å²) in [6.07, 6.45) is 7.91. The van der Waals surface area contributed by atoms with Gasteiger partial charge in [-0.2, -0.15) is 0 Å². The SMILES string of the molecule is CCCCCCCC(O)C1CCOc2ccccc21. The molecule has 1 N–H and O–H groups in total. The molecule has 2 atom stereocenters. The van der Waals surface area contributed by atoms with Gasteiger partial charge in [0.05, 0.1) is 12.7 Å². The molecule has 1 aliphatic rings. The highest BCUT2D eigenvalue weighted by molar-refractivity contribution is 5.38. The maximum Gasteiger partial charge on any atom is 0.122 e. The number of hydrogen-bond acceptors (Lipinski definition) is 2. The van der Waals surface area contributed by atoms with E-state index in [-0.39, 0.29) is 12.0 Å². The Morgan fingerprint density at radius 1 is 1.21 bits per heavy atom. The summed E-state index contributed by atoms with van der Waals surface area (Å²) in [4.78, 5) is 0. The van der Waals surface area contributed by atoms with Gasteiger partial charge < -0.3 is 9.84 Å². The Labute approximate surface area is 116 Å². The normalized spacial score (nSPS) is 19.6. The van der Waals surface area contributed by atoms with Crippen molar-refractivity contribution in [3.05, 3.63) is 29.8 Å². The zero-order valence-corrected chi connectivity index (χ0v) is 12.0. The summed E-state index contributed by atoms with van der Waals surface area (Å²) in [7, 11) is 0. The van der Waals surface area contributed by atoms with Crippen molar-refractivity contribution >= 4 is 0 Å². The minimum atomic E-state index is -0.216. The van der Waals surface area contributed by atoms with Gasteiger partial charge in [-0.1, -0.05) is 57.2 Å². The van der Waals surface area contributed by atoms with Gasteiger partial charge in [-0.05, 0) is 24.5 Å². The first-order chi connectivity index (χ1) is 9.33. The predicted octanol–water partition coefficient (Wildman–Crippen LogP) is 4.27. The number of hydrogen-bond donors (Lipinski definition) is 1. The van der Waals surface area contributed by atoms with Crippen LogP contribution in [-0.4, -0.2) is 17.8 Å². The molecular weight excluding hydrogens is 236 g/mol. The maximum absolute atomic E-state index is 10.4. The first kappa shape index (κ1) is 14.4. The summed E-state index contributed by atoms with van der Waals surface area (Å²) in [6, 6.07) is 8.14.